The number of nitrogens with zero attached hydrogens (tertiary/aromatic N) is 4. The molecule has 1 amide bonds. The summed E-state index contributed by atoms with van der Waals surface area (Å²) in [7, 11) is -4.31. The molecule has 11 heteroatoms. The standard InChI is InChI=1S/C17H19N5O5S/c1-10-18-14-9-13(20-16(23)27-17(2,3)4)19-15(22(14)21-10)11-5-7-12(8-6-11)28(24,25)26/h5-9H,1-4H3,(H,20,23)(H,24,25,26). The molecule has 0 unspecified atom stereocenters. The van der Waals surface area contributed by atoms with Crippen LogP contribution in [0.5, 0.6) is 0 Å². The topological polar surface area (TPSA) is 136 Å². The number of rotatable bonds is 3. The number of benzene rings is 1. The van der Waals surface area contributed by atoms with E-state index in [1.165, 1.54) is 28.8 Å². The van der Waals surface area contributed by atoms with Crippen molar-refractivity contribution in [3.63, 3.8) is 0 Å². The van der Waals surface area contributed by atoms with Crippen LogP contribution in [0.4, 0.5) is 10.6 Å². The number of anilines is 1. The van der Waals surface area contributed by atoms with Crippen LogP contribution in [0.3, 0.4) is 0 Å². The lowest BCUT2D eigenvalue weighted by molar-refractivity contribution is 0.0635. The summed E-state index contributed by atoms with van der Waals surface area (Å²) in [5, 5.41) is 6.83. The molecule has 0 saturated heterocycles. The Labute approximate surface area is 161 Å². The Bertz CT molecular complexity index is 1150. The summed E-state index contributed by atoms with van der Waals surface area (Å²) in [5.41, 5.74) is 0.274. The van der Waals surface area contributed by atoms with Crippen LogP contribution in [-0.4, -0.2) is 44.2 Å². The normalized spacial score (nSPS) is 12.2. The predicted molar refractivity (Wildman–Crippen MR) is 101 cm³/mol. The van der Waals surface area contributed by atoms with Gasteiger partial charge in [0.2, 0.25) is 0 Å². The number of aromatic nitrogens is 4. The molecule has 2 aromatic heterocycles. The number of hydrogen-bond donors (Lipinski definition) is 2. The van der Waals surface area contributed by atoms with Crippen LogP contribution >= 0.6 is 0 Å². The Kier molecular flexibility index (Phi) is 4.81. The fourth-order valence-corrected chi connectivity index (χ4v) is 2.91. The quantitative estimate of drug-likeness (QED) is 0.635. The van der Waals surface area contributed by atoms with Gasteiger partial charge in [0.05, 0.1) is 4.90 Å². The van der Waals surface area contributed by atoms with Crippen molar-refractivity contribution >= 4 is 27.7 Å². The zero-order chi connectivity index (χ0) is 20.7. The molecule has 148 valence electrons. The Balaban J connectivity index is 2.05. The average Bonchev–Trinajstić information content (AvgIpc) is 2.91. The molecule has 28 heavy (non-hydrogen) atoms. The summed E-state index contributed by atoms with van der Waals surface area (Å²) in [6.45, 7) is 6.94. The summed E-state index contributed by atoms with van der Waals surface area (Å²) in [5.74, 6) is 1.01. The molecular formula is C17H19N5O5S. The molecule has 0 saturated carbocycles. The Morgan fingerprint density at radius 3 is 2.39 bits per heavy atom. The minimum Gasteiger partial charge on any atom is -0.444 e. The van der Waals surface area contributed by atoms with Crippen LogP contribution < -0.4 is 5.32 Å². The lowest BCUT2D eigenvalue weighted by atomic mass is 10.2. The number of fused-ring (bicyclic) bond motifs is 1. The van der Waals surface area contributed by atoms with Crippen molar-refractivity contribution in [1.29, 1.82) is 0 Å². The van der Waals surface area contributed by atoms with Crippen molar-refractivity contribution in [2.24, 2.45) is 0 Å². The van der Waals surface area contributed by atoms with E-state index in [4.69, 9.17) is 9.29 Å². The summed E-state index contributed by atoms with van der Waals surface area (Å²) >= 11 is 0. The lowest BCUT2D eigenvalue weighted by Crippen LogP contribution is -2.27. The van der Waals surface area contributed by atoms with Gasteiger partial charge >= 0.3 is 6.09 Å². The first-order valence-electron chi connectivity index (χ1n) is 8.25. The second-order valence-corrected chi connectivity index (χ2v) is 8.44. The molecule has 1 aromatic carbocycles. The number of ether oxygens (including phenoxy) is 1. The summed E-state index contributed by atoms with van der Waals surface area (Å²) in [4.78, 5) is 20.5. The molecule has 3 aromatic rings. The van der Waals surface area contributed by atoms with E-state index in [0.717, 1.165) is 0 Å². The van der Waals surface area contributed by atoms with E-state index in [-0.39, 0.29) is 10.7 Å². The first-order valence-corrected chi connectivity index (χ1v) is 9.69. The largest absolute Gasteiger partial charge is 0.444 e. The predicted octanol–water partition coefficient (Wildman–Crippen LogP) is 2.69. The fourth-order valence-electron chi connectivity index (χ4n) is 2.43. The van der Waals surface area contributed by atoms with Gasteiger partial charge in [0.25, 0.3) is 10.1 Å². The highest BCUT2D eigenvalue weighted by atomic mass is 32.2. The van der Waals surface area contributed by atoms with Gasteiger partial charge in [-0.1, -0.05) is 0 Å². The number of carbonyl (C=O) groups is 1. The maximum atomic E-state index is 12.1. The van der Waals surface area contributed by atoms with E-state index in [9.17, 15) is 13.2 Å². The van der Waals surface area contributed by atoms with E-state index in [0.29, 0.717) is 22.9 Å². The van der Waals surface area contributed by atoms with Crippen LogP contribution in [0.1, 0.15) is 26.6 Å². The van der Waals surface area contributed by atoms with Gasteiger partial charge in [-0.2, -0.15) is 12.9 Å². The van der Waals surface area contributed by atoms with Gasteiger partial charge in [-0.05, 0) is 52.0 Å². The number of aryl methyl sites for hydroxylation is 1. The minimum absolute atomic E-state index is 0.197. The van der Waals surface area contributed by atoms with Crippen LogP contribution in [0.15, 0.2) is 35.2 Å². The Hall–Kier alpha value is -3.05. The van der Waals surface area contributed by atoms with E-state index in [1.807, 2.05) is 0 Å². The molecule has 0 radical (unpaired) electrons. The molecule has 10 nitrogen and oxygen atoms in total. The van der Waals surface area contributed by atoms with Gasteiger partial charge in [-0.3, -0.25) is 9.87 Å². The van der Waals surface area contributed by atoms with Gasteiger partial charge in [0, 0.05) is 11.6 Å². The Morgan fingerprint density at radius 2 is 1.82 bits per heavy atom. The summed E-state index contributed by atoms with van der Waals surface area (Å²) < 4.78 is 38.3. The molecular weight excluding hydrogens is 386 g/mol. The summed E-state index contributed by atoms with van der Waals surface area (Å²) in [6.07, 6.45) is -0.673. The second-order valence-electron chi connectivity index (χ2n) is 7.02. The molecule has 2 N–H and O–H groups in total. The number of amides is 1. The number of carbonyl (C=O) groups excluding carboxylic acids is 1. The van der Waals surface area contributed by atoms with Crippen LogP contribution in [0.25, 0.3) is 17.0 Å². The molecule has 0 aliphatic rings. The monoisotopic (exact) mass is 405 g/mol. The fraction of sp³-hybridized carbons (Fsp3) is 0.294. The van der Waals surface area contributed by atoms with Crippen molar-refractivity contribution in [2.45, 2.75) is 38.2 Å². The molecule has 0 spiro atoms. The third-order valence-electron chi connectivity index (χ3n) is 3.47. The molecule has 0 aliphatic carbocycles. The highest BCUT2D eigenvalue weighted by molar-refractivity contribution is 7.85. The molecule has 0 aliphatic heterocycles. The average molecular weight is 405 g/mol. The smallest absolute Gasteiger partial charge is 0.413 e. The van der Waals surface area contributed by atoms with Gasteiger partial charge in [-0.15, -0.1) is 5.10 Å². The van der Waals surface area contributed by atoms with Crippen molar-refractivity contribution in [3.05, 3.63) is 36.2 Å². The lowest BCUT2D eigenvalue weighted by Gasteiger charge is -2.19. The Morgan fingerprint density at radius 1 is 1.18 bits per heavy atom. The zero-order valence-corrected chi connectivity index (χ0v) is 16.5. The first kappa shape index (κ1) is 19.7. The SMILES string of the molecule is Cc1nc2cc(NC(=O)OC(C)(C)C)nc(-c3ccc(S(=O)(=O)O)cc3)n2n1. The van der Waals surface area contributed by atoms with Gasteiger partial charge in [-0.25, -0.2) is 14.8 Å². The maximum absolute atomic E-state index is 12.1. The van der Waals surface area contributed by atoms with Crippen molar-refractivity contribution in [2.75, 3.05) is 5.32 Å². The molecule has 2 heterocycles. The molecule has 0 fully saturated rings. The second kappa shape index (κ2) is 6.84. The van der Waals surface area contributed by atoms with E-state index < -0.39 is 21.8 Å². The van der Waals surface area contributed by atoms with Gasteiger partial charge < -0.3 is 4.74 Å². The van der Waals surface area contributed by atoms with E-state index in [2.05, 4.69) is 20.4 Å². The third kappa shape index (κ3) is 4.43. The molecule has 0 atom stereocenters. The number of nitrogens with one attached hydrogen (secondary N) is 1. The van der Waals surface area contributed by atoms with Gasteiger partial charge in [0.1, 0.15) is 17.2 Å². The molecule has 3 rings (SSSR count). The minimum atomic E-state index is -4.31. The van der Waals surface area contributed by atoms with Crippen molar-refractivity contribution < 1.29 is 22.5 Å². The third-order valence-corrected chi connectivity index (χ3v) is 4.34. The molecule has 0 bridgehead atoms. The van der Waals surface area contributed by atoms with Crippen molar-refractivity contribution in [1.82, 2.24) is 19.6 Å². The summed E-state index contributed by atoms with van der Waals surface area (Å²) in [6, 6.07) is 6.98. The zero-order valence-electron chi connectivity index (χ0n) is 15.7. The highest BCUT2D eigenvalue weighted by Crippen LogP contribution is 2.23. The van der Waals surface area contributed by atoms with E-state index >= 15 is 0 Å². The first-order chi connectivity index (χ1) is 12.9. The van der Waals surface area contributed by atoms with Crippen molar-refractivity contribution in [3.8, 4) is 11.4 Å². The van der Waals surface area contributed by atoms with Crippen LogP contribution in [-0.2, 0) is 14.9 Å². The van der Waals surface area contributed by atoms with Gasteiger partial charge in [0.15, 0.2) is 11.5 Å². The maximum Gasteiger partial charge on any atom is 0.413 e. The van der Waals surface area contributed by atoms with E-state index in [1.54, 1.807) is 33.8 Å². The van der Waals surface area contributed by atoms with Crippen LogP contribution in [0.2, 0.25) is 0 Å². The number of hydrogen-bond acceptors (Lipinski definition) is 7. The van der Waals surface area contributed by atoms with Crippen LogP contribution in [0, 0.1) is 6.92 Å². The highest BCUT2D eigenvalue weighted by Gasteiger charge is 2.19.